The second kappa shape index (κ2) is 8.70. The van der Waals surface area contributed by atoms with Crippen LogP contribution in [0.15, 0.2) is 18.3 Å². The molecule has 2 rings (SSSR count). The van der Waals surface area contributed by atoms with Crippen molar-refractivity contribution in [1.29, 1.82) is 0 Å². The van der Waals surface area contributed by atoms with Crippen LogP contribution < -0.4 is 10.6 Å². The summed E-state index contributed by atoms with van der Waals surface area (Å²) in [6.07, 6.45) is 4.46. The monoisotopic (exact) mass is 326 g/mol. The van der Waals surface area contributed by atoms with Crippen molar-refractivity contribution in [2.75, 3.05) is 25.0 Å². The van der Waals surface area contributed by atoms with E-state index >= 15 is 0 Å². The maximum Gasteiger partial charge on any atom is 0.128 e. The number of hydrogen-bond donors (Lipinski definition) is 1. The van der Waals surface area contributed by atoms with Crippen molar-refractivity contribution in [2.45, 2.75) is 52.2 Å². The van der Waals surface area contributed by atoms with Crippen LogP contribution in [0.3, 0.4) is 0 Å². The summed E-state index contributed by atoms with van der Waals surface area (Å²) in [6, 6.07) is 5.14. The summed E-state index contributed by atoms with van der Waals surface area (Å²) in [5, 5.41) is 0. The number of nitrogens with zero attached hydrogens (tertiary/aromatic N) is 3. The van der Waals surface area contributed by atoms with Gasteiger partial charge in [0.05, 0.1) is 0 Å². The average molecular weight is 327 g/mol. The minimum Gasteiger partial charge on any atom is -0.357 e. The second-order valence-electron chi connectivity index (χ2n) is 6.70. The quantitative estimate of drug-likeness (QED) is 0.903. The zero-order chi connectivity index (χ0) is 15.4. The van der Waals surface area contributed by atoms with Gasteiger partial charge in [0.25, 0.3) is 0 Å². The molecule has 1 aromatic rings. The normalized spacial score (nSPS) is 18.1. The zero-order valence-electron chi connectivity index (χ0n) is 14.3. The van der Waals surface area contributed by atoms with Crippen LogP contribution in [0.5, 0.6) is 0 Å². The molecule has 1 aromatic heterocycles. The van der Waals surface area contributed by atoms with Gasteiger partial charge in [-0.15, -0.1) is 12.4 Å². The first-order valence-electron chi connectivity index (χ1n) is 8.13. The fraction of sp³-hybridized carbons (Fsp3) is 0.706. The number of aromatic nitrogens is 1. The third-order valence-electron chi connectivity index (χ3n) is 4.73. The highest BCUT2D eigenvalue weighted by Crippen LogP contribution is 2.21. The number of nitrogens with two attached hydrogens (primary N) is 1. The van der Waals surface area contributed by atoms with Crippen molar-refractivity contribution in [3.05, 3.63) is 23.9 Å². The Balaban J connectivity index is 0.00000242. The lowest BCUT2D eigenvalue weighted by molar-refractivity contribution is 0.165. The molecule has 0 bridgehead atoms. The number of piperidine rings is 1. The minimum absolute atomic E-state index is 0. The van der Waals surface area contributed by atoms with Crippen LogP contribution in [-0.2, 0) is 6.54 Å². The van der Waals surface area contributed by atoms with Crippen LogP contribution >= 0.6 is 12.4 Å². The van der Waals surface area contributed by atoms with Crippen molar-refractivity contribution in [3.8, 4) is 0 Å². The predicted molar refractivity (Wildman–Crippen MR) is 96.7 cm³/mol. The molecule has 0 saturated carbocycles. The molecule has 1 aliphatic heterocycles. The number of halogens is 1. The molecule has 1 aliphatic rings. The summed E-state index contributed by atoms with van der Waals surface area (Å²) in [5.41, 5.74) is 7.30. The number of rotatable bonds is 5. The van der Waals surface area contributed by atoms with E-state index in [0.717, 1.165) is 25.5 Å². The number of pyridine rings is 1. The van der Waals surface area contributed by atoms with E-state index in [2.05, 4.69) is 54.7 Å². The van der Waals surface area contributed by atoms with Gasteiger partial charge in [0.15, 0.2) is 0 Å². The summed E-state index contributed by atoms with van der Waals surface area (Å²) >= 11 is 0. The van der Waals surface area contributed by atoms with Gasteiger partial charge in [0, 0.05) is 31.9 Å². The van der Waals surface area contributed by atoms with Crippen molar-refractivity contribution in [2.24, 2.45) is 11.7 Å². The van der Waals surface area contributed by atoms with E-state index in [1.165, 1.54) is 18.4 Å². The predicted octanol–water partition coefficient (Wildman–Crippen LogP) is 2.91. The lowest BCUT2D eigenvalue weighted by Gasteiger charge is -2.33. The molecule has 22 heavy (non-hydrogen) atoms. The lowest BCUT2D eigenvalue weighted by atomic mass is 9.91. The van der Waals surface area contributed by atoms with E-state index in [9.17, 15) is 0 Å². The summed E-state index contributed by atoms with van der Waals surface area (Å²) < 4.78 is 0. The average Bonchev–Trinajstić information content (AvgIpc) is 2.47. The fourth-order valence-electron chi connectivity index (χ4n) is 2.88. The molecule has 4 nitrogen and oxygen atoms in total. The lowest BCUT2D eigenvalue weighted by Crippen LogP contribution is -2.39. The van der Waals surface area contributed by atoms with E-state index < -0.39 is 0 Å². The highest BCUT2D eigenvalue weighted by Gasteiger charge is 2.21. The molecule has 1 saturated heterocycles. The van der Waals surface area contributed by atoms with Crippen LogP contribution in [-0.4, -0.2) is 42.1 Å². The first-order valence-corrected chi connectivity index (χ1v) is 8.13. The molecule has 5 heteroatoms. The van der Waals surface area contributed by atoms with E-state index in [0.29, 0.717) is 18.0 Å². The second-order valence-corrected chi connectivity index (χ2v) is 6.70. The van der Waals surface area contributed by atoms with Gasteiger partial charge in [0.2, 0.25) is 0 Å². The first-order chi connectivity index (χ1) is 9.97. The largest absolute Gasteiger partial charge is 0.357 e. The van der Waals surface area contributed by atoms with Gasteiger partial charge in [-0.2, -0.15) is 0 Å². The summed E-state index contributed by atoms with van der Waals surface area (Å²) in [5.74, 6) is 1.74. The van der Waals surface area contributed by atoms with Crippen LogP contribution in [0.2, 0.25) is 0 Å². The molecular formula is C17H31ClN4. The maximum absolute atomic E-state index is 6.00. The minimum atomic E-state index is 0. The molecule has 0 amide bonds. The third-order valence-corrected chi connectivity index (χ3v) is 4.73. The Morgan fingerprint density at radius 1 is 1.27 bits per heavy atom. The molecule has 0 aromatic carbocycles. The molecule has 2 heterocycles. The van der Waals surface area contributed by atoms with Gasteiger partial charge in [-0.1, -0.05) is 6.07 Å². The Hall–Kier alpha value is -0.840. The van der Waals surface area contributed by atoms with Crippen LogP contribution in [0.1, 0.15) is 39.2 Å². The van der Waals surface area contributed by atoms with E-state index in [1.807, 2.05) is 6.20 Å². The van der Waals surface area contributed by atoms with Gasteiger partial charge >= 0.3 is 0 Å². The van der Waals surface area contributed by atoms with Crippen molar-refractivity contribution in [1.82, 2.24) is 9.88 Å². The third kappa shape index (κ3) is 5.11. The Labute approximate surface area is 141 Å². The Kier molecular flexibility index (Phi) is 7.60. The van der Waals surface area contributed by atoms with Crippen LogP contribution in [0, 0.1) is 5.92 Å². The van der Waals surface area contributed by atoms with E-state index in [-0.39, 0.29) is 12.4 Å². The van der Waals surface area contributed by atoms with Gasteiger partial charge in [-0.05, 0) is 64.3 Å². The Morgan fingerprint density at radius 2 is 1.91 bits per heavy atom. The van der Waals surface area contributed by atoms with E-state index in [4.69, 9.17) is 5.73 Å². The highest BCUT2D eigenvalue weighted by molar-refractivity contribution is 5.85. The van der Waals surface area contributed by atoms with Crippen LogP contribution in [0.25, 0.3) is 0 Å². The molecule has 126 valence electrons. The number of anilines is 1. The zero-order valence-corrected chi connectivity index (χ0v) is 15.1. The maximum atomic E-state index is 6.00. The topological polar surface area (TPSA) is 45.4 Å². The van der Waals surface area contributed by atoms with Gasteiger partial charge in [-0.25, -0.2) is 4.98 Å². The van der Waals surface area contributed by atoms with Crippen molar-refractivity contribution >= 4 is 18.2 Å². The molecule has 0 aliphatic carbocycles. The molecule has 0 radical (unpaired) electrons. The standard InChI is InChI=1S/C17H30N4.ClH/c1-13(2)20(4)17-6-5-15(11-19-17)12-21-9-7-16(8-10-21)14(3)18;/h5-6,11,13-14,16H,7-10,12,18H2,1-4H3;1H. The van der Waals surface area contributed by atoms with E-state index in [1.54, 1.807) is 0 Å². The molecule has 1 atom stereocenters. The van der Waals surface area contributed by atoms with Gasteiger partial charge in [0.1, 0.15) is 5.82 Å². The molecule has 2 N–H and O–H groups in total. The van der Waals surface area contributed by atoms with Crippen molar-refractivity contribution in [3.63, 3.8) is 0 Å². The number of hydrogen-bond acceptors (Lipinski definition) is 4. The Bertz CT molecular complexity index is 425. The Morgan fingerprint density at radius 3 is 2.36 bits per heavy atom. The molecule has 0 spiro atoms. The van der Waals surface area contributed by atoms with Crippen molar-refractivity contribution < 1.29 is 0 Å². The van der Waals surface area contributed by atoms with Crippen LogP contribution in [0.4, 0.5) is 5.82 Å². The summed E-state index contributed by atoms with van der Waals surface area (Å²) in [7, 11) is 2.09. The molecule has 1 unspecified atom stereocenters. The summed E-state index contributed by atoms with van der Waals surface area (Å²) in [6.45, 7) is 9.80. The van der Waals surface area contributed by atoms with Gasteiger partial charge < -0.3 is 10.6 Å². The fourth-order valence-corrected chi connectivity index (χ4v) is 2.88. The smallest absolute Gasteiger partial charge is 0.128 e. The molecule has 1 fully saturated rings. The van der Waals surface area contributed by atoms with Gasteiger partial charge in [-0.3, -0.25) is 4.90 Å². The first kappa shape index (κ1) is 19.2. The number of likely N-dealkylation sites (tertiary alicyclic amines) is 1. The SMILES string of the molecule is CC(N)C1CCN(Cc2ccc(N(C)C(C)C)nc2)CC1.Cl. The summed E-state index contributed by atoms with van der Waals surface area (Å²) in [4.78, 5) is 9.30. The molecular weight excluding hydrogens is 296 g/mol. The highest BCUT2D eigenvalue weighted by atomic mass is 35.5.